The number of anilines is 2. The smallest absolute Gasteiger partial charge is 0.256 e. The molecular weight excluding hydrogens is 276 g/mol. The van der Waals surface area contributed by atoms with Crippen molar-refractivity contribution in [3.05, 3.63) is 53.6 Å². The molecule has 0 fully saturated rings. The number of carbonyl (C=O) groups is 1. The van der Waals surface area contributed by atoms with Crippen molar-refractivity contribution in [3.8, 4) is 5.75 Å². The minimum atomic E-state index is -0.0748. The Balaban J connectivity index is 1.82. The van der Waals surface area contributed by atoms with Crippen molar-refractivity contribution in [1.29, 1.82) is 0 Å². The zero-order valence-electron chi connectivity index (χ0n) is 12.7. The van der Waals surface area contributed by atoms with Gasteiger partial charge in [0.25, 0.3) is 5.91 Å². The molecule has 1 amide bonds. The molecule has 1 heterocycles. The van der Waals surface area contributed by atoms with Crippen LogP contribution in [-0.4, -0.2) is 19.1 Å². The monoisotopic (exact) mass is 296 g/mol. The Bertz CT molecular complexity index is 683. The molecule has 2 aromatic rings. The molecule has 2 N–H and O–H groups in total. The zero-order valence-corrected chi connectivity index (χ0v) is 12.7. The molecule has 0 atom stereocenters. The number of carbonyl (C=O) groups excluding carboxylic acids is 1. The van der Waals surface area contributed by atoms with Gasteiger partial charge in [-0.2, -0.15) is 0 Å². The van der Waals surface area contributed by atoms with Crippen LogP contribution in [0.25, 0.3) is 0 Å². The third-order valence-corrected chi connectivity index (χ3v) is 3.74. The summed E-state index contributed by atoms with van der Waals surface area (Å²) in [6, 6.07) is 13.3. The van der Waals surface area contributed by atoms with Crippen LogP contribution >= 0.6 is 0 Å². The Morgan fingerprint density at radius 3 is 3.00 bits per heavy atom. The van der Waals surface area contributed by atoms with Gasteiger partial charge in [-0.25, -0.2) is 0 Å². The summed E-state index contributed by atoms with van der Waals surface area (Å²) < 4.78 is 5.46. The molecule has 0 radical (unpaired) electrons. The Hall–Kier alpha value is -2.49. The Labute approximate surface area is 130 Å². The van der Waals surface area contributed by atoms with E-state index in [0.29, 0.717) is 6.61 Å². The van der Waals surface area contributed by atoms with Gasteiger partial charge >= 0.3 is 0 Å². The average molecular weight is 296 g/mol. The summed E-state index contributed by atoms with van der Waals surface area (Å²) in [6.07, 6.45) is 1.99. The minimum absolute atomic E-state index is 0.0748. The van der Waals surface area contributed by atoms with Crippen LogP contribution in [0.1, 0.15) is 29.3 Å². The molecule has 114 valence electrons. The van der Waals surface area contributed by atoms with Crippen molar-refractivity contribution in [2.45, 2.75) is 19.8 Å². The van der Waals surface area contributed by atoms with E-state index in [4.69, 9.17) is 4.74 Å². The highest BCUT2D eigenvalue weighted by molar-refractivity contribution is 6.06. The summed E-state index contributed by atoms with van der Waals surface area (Å²) in [6.45, 7) is 3.51. The molecule has 1 aliphatic rings. The van der Waals surface area contributed by atoms with E-state index in [1.165, 1.54) is 0 Å². The van der Waals surface area contributed by atoms with Crippen molar-refractivity contribution in [3.63, 3.8) is 0 Å². The number of ether oxygens (including phenoxy) is 1. The van der Waals surface area contributed by atoms with Gasteiger partial charge in [0.1, 0.15) is 5.75 Å². The van der Waals surface area contributed by atoms with E-state index < -0.39 is 0 Å². The predicted molar refractivity (Wildman–Crippen MR) is 88.8 cm³/mol. The number of fused-ring (bicyclic) bond motifs is 1. The fourth-order valence-corrected chi connectivity index (χ4v) is 2.75. The number of amides is 1. The third kappa shape index (κ3) is 3.06. The van der Waals surface area contributed by atoms with Crippen molar-refractivity contribution in [1.82, 2.24) is 0 Å². The topological polar surface area (TPSA) is 50.4 Å². The van der Waals surface area contributed by atoms with Crippen LogP contribution in [-0.2, 0) is 6.42 Å². The molecule has 0 spiro atoms. The van der Waals surface area contributed by atoms with Gasteiger partial charge in [0.2, 0.25) is 0 Å². The fourth-order valence-electron chi connectivity index (χ4n) is 2.75. The maximum atomic E-state index is 12.6. The van der Waals surface area contributed by atoms with E-state index in [2.05, 4.69) is 10.6 Å². The highest BCUT2D eigenvalue weighted by atomic mass is 16.5. The summed E-state index contributed by atoms with van der Waals surface area (Å²) in [7, 11) is 0. The molecule has 0 unspecified atom stereocenters. The second-order valence-corrected chi connectivity index (χ2v) is 5.28. The van der Waals surface area contributed by atoms with Gasteiger partial charge in [0.05, 0.1) is 6.61 Å². The summed E-state index contributed by atoms with van der Waals surface area (Å²) >= 11 is 0. The Kier molecular flexibility index (Phi) is 4.28. The van der Waals surface area contributed by atoms with Crippen molar-refractivity contribution >= 4 is 17.3 Å². The van der Waals surface area contributed by atoms with Crippen LogP contribution in [0, 0.1) is 0 Å². The zero-order chi connectivity index (χ0) is 15.4. The normalized spacial score (nSPS) is 13.0. The number of rotatable bonds is 4. The maximum absolute atomic E-state index is 12.6. The lowest BCUT2D eigenvalue weighted by Crippen LogP contribution is -2.19. The first kappa shape index (κ1) is 14.4. The van der Waals surface area contributed by atoms with Crippen molar-refractivity contribution in [2.75, 3.05) is 23.8 Å². The van der Waals surface area contributed by atoms with E-state index in [-0.39, 0.29) is 5.91 Å². The summed E-state index contributed by atoms with van der Waals surface area (Å²) in [5.74, 6) is 0.686. The van der Waals surface area contributed by atoms with Crippen molar-refractivity contribution in [2.24, 2.45) is 0 Å². The largest absolute Gasteiger partial charge is 0.494 e. The SMILES string of the molecule is CCOc1cccc(NC(=O)c2cccc3c2CCCN3)c1. The van der Waals surface area contributed by atoms with Crippen LogP contribution in [0.4, 0.5) is 11.4 Å². The van der Waals surface area contributed by atoms with Crippen LogP contribution in [0.3, 0.4) is 0 Å². The van der Waals surface area contributed by atoms with E-state index >= 15 is 0 Å². The van der Waals surface area contributed by atoms with Gasteiger partial charge in [0, 0.05) is 29.5 Å². The molecule has 0 bridgehead atoms. The number of hydrogen-bond acceptors (Lipinski definition) is 3. The lowest BCUT2D eigenvalue weighted by atomic mass is 9.97. The molecule has 2 aromatic carbocycles. The molecule has 0 saturated carbocycles. The van der Waals surface area contributed by atoms with Crippen LogP contribution in [0.15, 0.2) is 42.5 Å². The predicted octanol–water partition coefficient (Wildman–Crippen LogP) is 3.70. The Morgan fingerprint density at radius 1 is 1.27 bits per heavy atom. The minimum Gasteiger partial charge on any atom is -0.494 e. The lowest BCUT2D eigenvalue weighted by molar-refractivity contribution is 0.102. The van der Waals surface area contributed by atoms with Crippen LogP contribution in [0.5, 0.6) is 5.75 Å². The maximum Gasteiger partial charge on any atom is 0.256 e. The number of nitrogens with one attached hydrogen (secondary N) is 2. The van der Waals surface area contributed by atoms with Crippen LogP contribution in [0.2, 0.25) is 0 Å². The van der Waals surface area contributed by atoms with E-state index in [9.17, 15) is 4.79 Å². The molecule has 0 aliphatic carbocycles. The van der Waals surface area contributed by atoms with E-state index in [1.54, 1.807) is 0 Å². The lowest BCUT2D eigenvalue weighted by Gasteiger charge is -2.20. The number of hydrogen-bond donors (Lipinski definition) is 2. The molecule has 0 aromatic heterocycles. The molecular formula is C18H20N2O2. The third-order valence-electron chi connectivity index (χ3n) is 3.74. The Morgan fingerprint density at radius 2 is 2.14 bits per heavy atom. The van der Waals surface area contributed by atoms with Gasteiger partial charge in [-0.05, 0) is 49.6 Å². The van der Waals surface area contributed by atoms with E-state index in [0.717, 1.165) is 47.6 Å². The van der Waals surface area contributed by atoms with Gasteiger partial charge in [0.15, 0.2) is 0 Å². The molecule has 4 heteroatoms. The quantitative estimate of drug-likeness (QED) is 0.904. The summed E-state index contributed by atoms with van der Waals surface area (Å²) in [4.78, 5) is 12.6. The van der Waals surface area contributed by atoms with Gasteiger partial charge < -0.3 is 15.4 Å². The average Bonchev–Trinajstić information content (AvgIpc) is 2.55. The molecule has 4 nitrogen and oxygen atoms in total. The fraction of sp³-hybridized carbons (Fsp3) is 0.278. The standard InChI is InChI=1S/C18H20N2O2/c1-2-22-14-7-3-6-13(12-14)20-18(21)16-8-4-10-17-15(16)9-5-11-19-17/h3-4,6-8,10,12,19H,2,5,9,11H2,1H3,(H,20,21). The second-order valence-electron chi connectivity index (χ2n) is 5.28. The molecule has 0 saturated heterocycles. The molecule has 22 heavy (non-hydrogen) atoms. The second kappa shape index (κ2) is 6.52. The van der Waals surface area contributed by atoms with Crippen molar-refractivity contribution < 1.29 is 9.53 Å². The highest BCUT2D eigenvalue weighted by Gasteiger charge is 2.17. The summed E-state index contributed by atoms with van der Waals surface area (Å²) in [5.41, 5.74) is 3.66. The summed E-state index contributed by atoms with van der Waals surface area (Å²) in [5, 5.41) is 6.31. The van der Waals surface area contributed by atoms with Gasteiger partial charge in [-0.15, -0.1) is 0 Å². The van der Waals surface area contributed by atoms with Gasteiger partial charge in [-0.3, -0.25) is 4.79 Å². The number of benzene rings is 2. The first-order valence-corrected chi connectivity index (χ1v) is 7.68. The van der Waals surface area contributed by atoms with Crippen LogP contribution < -0.4 is 15.4 Å². The highest BCUT2D eigenvalue weighted by Crippen LogP contribution is 2.26. The molecule has 1 aliphatic heterocycles. The van der Waals surface area contributed by atoms with Gasteiger partial charge in [-0.1, -0.05) is 12.1 Å². The molecule has 3 rings (SSSR count). The first-order valence-electron chi connectivity index (χ1n) is 7.68. The first-order chi connectivity index (χ1) is 10.8. The van der Waals surface area contributed by atoms with E-state index in [1.807, 2.05) is 49.4 Å².